The van der Waals surface area contributed by atoms with Gasteiger partial charge in [-0.3, -0.25) is 19.4 Å². The van der Waals surface area contributed by atoms with Crippen molar-refractivity contribution in [1.29, 1.82) is 0 Å². The molecule has 0 bridgehead atoms. The van der Waals surface area contributed by atoms with Crippen LogP contribution in [0, 0.1) is 0 Å². The molecule has 0 spiro atoms. The number of amides is 1. The van der Waals surface area contributed by atoms with Crippen molar-refractivity contribution in [3.05, 3.63) is 72.0 Å². The Bertz CT molecular complexity index is 1440. The second-order valence-electron chi connectivity index (χ2n) is 9.35. The molecule has 0 atom stereocenters. The summed E-state index contributed by atoms with van der Waals surface area (Å²) in [5.74, 6) is -3.84. The molecule has 12 heteroatoms. The van der Waals surface area contributed by atoms with Gasteiger partial charge in [0.05, 0.1) is 31.6 Å². The van der Waals surface area contributed by atoms with Crippen LogP contribution in [0.1, 0.15) is 30.0 Å². The predicted molar refractivity (Wildman–Crippen MR) is 133 cm³/mol. The first-order valence-corrected chi connectivity index (χ1v) is 13.5. The van der Waals surface area contributed by atoms with Crippen molar-refractivity contribution in [3.8, 4) is 11.1 Å². The number of rotatable bonds is 9. The van der Waals surface area contributed by atoms with Crippen LogP contribution in [0.15, 0.2) is 60.9 Å². The van der Waals surface area contributed by atoms with Crippen LogP contribution in [-0.2, 0) is 25.6 Å². The highest BCUT2D eigenvalue weighted by molar-refractivity contribution is 7.86. The van der Waals surface area contributed by atoms with Crippen LogP contribution < -0.4 is 5.32 Å². The molecule has 3 heterocycles. The molecule has 1 aliphatic heterocycles. The molecule has 1 amide bonds. The van der Waals surface area contributed by atoms with E-state index >= 15 is 0 Å². The largest absolute Gasteiger partial charge is 0.377 e. The third-order valence-electron chi connectivity index (χ3n) is 5.96. The molecule has 1 aromatic carbocycles. The number of nitrogens with one attached hydrogen (secondary N) is 1. The number of likely N-dealkylation sites (tertiary alicyclic amines) is 1. The van der Waals surface area contributed by atoms with Crippen LogP contribution in [0.2, 0.25) is 0 Å². The fourth-order valence-corrected chi connectivity index (χ4v) is 4.55. The SMILES string of the molecule is CS(=O)(=O)O/C(=C/c1cnccc1-c1cnn(C2CC2)c1)C(=O)Nc1ccc(CN2CC(F)(F)C2)cc1. The molecule has 1 saturated carbocycles. The lowest BCUT2D eigenvalue weighted by Gasteiger charge is -2.38. The second-order valence-corrected chi connectivity index (χ2v) is 10.9. The van der Waals surface area contributed by atoms with Crippen molar-refractivity contribution in [2.45, 2.75) is 31.4 Å². The van der Waals surface area contributed by atoms with Gasteiger partial charge in [-0.25, -0.2) is 8.78 Å². The molecule has 2 aliphatic rings. The van der Waals surface area contributed by atoms with Crippen molar-refractivity contribution in [2.24, 2.45) is 0 Å². The highest BCUT2D eigenvalue weighted by Gasteiger charge is 2.43. The molecule has 5 rings (SSSR count). The highest BCUT2D eigenvalue weighted by atomic mass is 32.2. The first-order chi connectivity index (χ1) is 17.5. The number of anilines is 1. The lowest BCUT2D eigenvalue weighted by atomic mass is 10.0. The molecule has 1 aliphatic carbocycles. The van der Waals surface area contributed by atoms with Crippen LogP contribution in [-0.4, -0.2) is 59.3 Å². The minimum absolute atomic E-state index is 0.278. The molecule has 2 fully saturated rings. The molecule has 194 valence electrons. The highest BCUT2D eigenvalue weighted by Crippen LogP contribution is 2.36. The molecular formula is C25H25F2N5O4S. The van der Waals surface area contributed by atoms with Gasteiger partial charge in [0.2, 0.25) is 5.76 Å². The van der Waals surface area contributed by atoms with Gasteiger partial charge in [-0.05, 0) is 48.2 Å². The van der Waals surface area contributed by atoms with Crippen LogP contribution in [0.3, 0.4) is 0 Å². The Hall–Kier alpha value is -3.64. The average Bonchev–Trinajstić information content (AvgIpc) is 3.55. The lowest BCUT2D eigenvalue weighted by molar-refractivity contribution is -0.133. The number of carbonyl (C=O) groups is 1. The van der Waals surface area contributed by atoms with E-state index in [1.165, 1.54) is 12.3 Å². The number of benzene rings is 1. The Balaban J connectivity index is 1.35. The van der Waals surface area contributed by atoms with Gasteiger partial charge in [-0.15, -0.1) is 0 Å². The third-order valence-corrected chi connectivity index (χ3v) is 6.45. The number of halogens is 2. The summed E-state index contributed by atoms with van der Waals surface area (Å²) in [6.07, 6.45) is 11.1. The van der Waals surface area contributed by atoms with E-state index in [9.17, 15) is 22.0 Å². The van der Waals surface area contributed by atoms with Crippen LogP contribution in [0.25, 0.3) is 17.2 Å². The maximum absolute atomic E-state index is 13.0. The Kier molecular flexibility index (Phi) is 6.54. The van der Waals surface area contributed by atoms with Gasteiger partial charge in [0.1, 0.15) is 0 Å². The summed E-state index contributed by atoms with van der Waals surface area (Å²) in [5.41, 5.74) is 3.19. The molecule has 2 aromatic heterocycles. The summed E-state index contributed by atoms with van der Waals surface area (Å²) in [5, 5.41) is 7.02. The first-order valence-electron chi connectivity index (χ1n) is 11.6. The minimum atomic E-state index is -4.02. The number of carbonyl (C=O) groups excluding carboxylic acids is 1. The summed E-state index contributed by atoms with van der Waals surface area (Å²) >= 11 is 0. The zero-order valence-corrected chi connectivity index (χ0v) is 20.8. The number of nitrogens with zero attached hydrogens (tertiary/aromatic N) is 4. The number of alkyl halides is 2. The number of hydrogen-bond donors (Lipinski definition) is 1. The van der Waals surface area contributed by atoms with Gasteiger partial charge in [-0.1, -0.05) is 12.1 Å². The Morgan fingerprint density at radius 3 is 2.57 bits per heavy atom. The van der Waals surface area contributed by atoms with E-state index in [0.717, 1.165) is 30.2 Å². The van der Waals surface area contributed by atoms with Crippen molar-refractivity contribution in [3.63, 3.8) is 0 Å². The van der Waals surface area contributed by atoms with Crippen molar-refractivity contribution in [1.82, 2.24) is 19.7 Å². The van der Waals surface area contributed by atoms with Gasteiger partial charge in [0, 0.05) is 41.9 Å². The molecule has 9 nitrogen and oxygen atoms in total. The standard InChI is InChI=1S/C25H25F2N5O4S/c1-37(34,35)36-23(10-18-11-28-9-8-22(18)19-12-29-32(14-19)21-6-7-21)24(33)30-20-4-2-17(3-5-20)13-31-15-25(26,27)16-31/h2-5,8-12,14,21H,6-7,13,15-16H2,1H3,(H,30,33)/b23-10+. The third kappa shape index (κ3) is 6.38. The van der Waals surface area contributed by atoms with E-state index < -0.39 is 27.7 Å². The molecular weight excluding hydrogens is 504 g/mol. The first kappa shape index (κ1) is 25.0. The summed E-state index contributed by atoms with van der Waals surface area (Å²) in [6.45, 7) is -0.187. The van der Waals surface area contributed by atoms with Crippen molar-refractivity contribution in [2.75, 3.05) is 24.7 Å². The molecule has 37 heavy (non-hydrogen) atoms. The fourth-order valence-electron chi connectivity index (χ4n) is 4.10. The van der Waals surface area contributed by atoms with E-state index in [1.807, 2.05) is 10.9 Å². The molecule has 0 unspecified atom stereocenters. The van der Waals surface area contributed by atoms with Crippen molar-refractivity contribution < 1.29 is 26.2 Å². The smallest absolute Gasteiger partial charge is 0.306 e. The summed E-state index contributed by atoms with van der Waals surface area (Å²) in [4.78, 5) is 18.8. The minimum Gasteiger partial charge on any atom is -0.377 e. The zero-order valence-electron chi connectivity index (χ0n) is 20.0. The van der Waals surface area contributed by atoms with Crippen molar-refractivity contribution >= 4 is 27.8 Å². The number of aromatic nitrogens is 3. The normalized spacial score (nSPS) is 17.8. The summed E-state index contributed by atoms with van der Waals surface area (Å²) in [6, 6.07) is 8.80. The maximum atomic E-state index is 13.0. The van der Waals surface area contributed by atoms with Gasteiger partial charge < -0.3 is 9.50 Å². The molecule has 1 N–H and O–H groups in total. The Labute approximate surface area is 212 Å². The van der Waals surface area contributed by atoms with E-state index in [-0.39, 0.29) is 13.1 Å². The van der Waals surface area contributed by atoms with E-state index in [0.29, 0.717) is 29.4 Å². The Morgan fingerprint density at radius 1 is 1.19 bits per heavy atom. The summed E-state index contributed by atoms with van der Waals surface area (Å²) in [7, 11) is -4.02. The zero-order chi connectivity index (χ0) is 26.2. The second kappa shape index (κ2) is 9.67. The predicted octanol–water partition coefficient (Wildman–Crippen LogP) is 3.69. The number of hydrogen-bond acceptors (Lipinski definition) is 7. The summed E-state index contributed by atoms with van der Waals surface area (Å²) < 4.78 is 56.9. The fraction of sp³-hybridized carbons (Fsp3) is 0.320. The van der Waals surface area contributed by atoms with Crippen LogP contribution in [0.4, 0.5) is 14.5 Å². The topological polar surface area (TPSA) is 106 Å². The quantitative estimate of drug-likeness (QED) is 0.256. The van der Waals surface area contributed by atoms with Gasteiger partial charge in [-0.2, -0.15) is 13.5 Å². The van der Waals surface area contributed by atoms with Crippen LogP contribution >= 0.6 is 0 Å². The van der Waals surface area contributed by atoms with Gasteiger partial charge >= 0.3 is 10.1 Å². The molecule has 0 radical (unpaired) electrons. The van der Waals surface area contributed by atoms with Gasteiger partial charge in [0.25, 0.3) is 11.8 Å². The number of pyridine rings is 1. The molecule has 3 aromatic rings. The lowest BCUT2D eigenvalue weighted by Crippen LogP contribution is -2.55. The maximum Gasteiger partial charge on any atom is 0.306 e. The Morgan fingerprint density at radius 2 is 1.92 bits per heavy atom. The van der Waals surface area contributed by atoms with Gasteiger partial charge in [0.15, 0.2) is 0 Å². The van der Waals surface area contributed by atoms with Crippen LogP contribution in [0.5, 0.6) is 0 Å². The monoisotopic (exact) mass is 529 g/mol. The van der Waals surface area contributed by atoms with E-state index in [1.54, 1.807) is 47.6 Å². The van der Waals surface area contributed by atoms with E-state index in [2.05, 4.69) is 15.4 Å². The average molecular weight is 530 g/mol. The molecule has 1 saturated heterocycles. The van der Waals surface area contributed by atoms with E-state index in [4.69, 9.17) is 4.18 Å².